The Morgan fingerprint density at radius 1 is 0.692 bits per heavy atom. The maximum atomic E-state index is 14.4. The molecule has 0 amide bonds. The molecule has 0 fully saturated rings. The number of hydrogen-bond donors (Lipinski definition) is 1. The molecule has 0 radical (unpaired) electrons. The van der Waals surface area contributed by atoms with Gasteiger partial charge in [0.15, 0.2) is 0 Å². The Kier molecular flexibility index (Phi) is 4.34. The molecule has 130 valence electrons. The van der Waals surface area contributed by atoms with Crippen LogP contribution in [-0.4, -0.2) is 5.11 Å². The fraction of sp³-hybridized carbons (Fsp3) is 0. The van der Waals surface area contributed by atoms with Crippen molar-refractivity contribution in [1.29, 1.82) is 5.26 Å². The van der Waals surface area contributed by atoms with Crippen LogP contribution in [0.4, 0.5) is 22.0 Å². The number of phenols is 1. The Morgan fingerprint density at radius 3 is 1.73 bits per heavy atom. The standard InChI is InChI=1S/C19H8F5NO/c20-14-5-10(6-15(21)13(14)8-25)19-17(23)3-9(4-18(19)24)12-2-1-11(26)7-16(12)22/h1-7,26H. The van der Waals surface area contributed by atoms with Crippen molar-refractivity contribution in [2.75, 3.05) is 0 Å². The first-order valence-corrected chi connectivity index (χ1v) is 7.19. The quantitative estimate of drug-likeness (QED) is 0.630. The number of benzene rings is 3. The molecule has 26 heavy (non-hydrogen) atoms. The van der Waals surface area contributed by atoms with E-state index in [1.54, 1.807) is 0 Å². The first kappa shape index (κ1) is 17.4. The predicted molar refractivity (Wildman–Crippen MR) is 83.5 cm³/mol. The zero-order chi connectivity index (χ0) is 19.0. The van der Waals surface area contributed by atoms with Crippen molar-refractivity contribution in [2.45, 2.75) is 0 Å². The molecule has 7 heteroatoms. The largest absolute Gasteiger partial charge is 0.508 e. The van der Waals surface area contributed by atoms with Crippen LogP contribution in [0.1, 0.15) is 5.56 Å². The highest BCUT2D eigenvalue weighted by atomic mass is 19.1. The van der Waals surface area contributed by atoms with Gasteiger partial charge in [-0.1, -0.05) is 0 Å². The second-order valence-corrected chi connectivity index (χ2v) is 5.41. The second kappa shape index (κ2) is 6.48. The van der Waals surface area contributed by atoms with E-state index in [0.29, 0.717) is 12.1 Å². The molecule has 0 saturated carbocycles. The molecule has 3 aromatic rings. The number of phenolic OH excluding ortho intramolecular Hbond substituents is 1. The van der Waals surface area contributed by atoms with Gasteiger partial charge >= 0.3 is 0 Å². The SMILES string of the molecule is N#Cc1c(F)cc(-c2c(F)cc(-c3ccc(O)cc3F)cc2F)cc1F. The summed E-state index contributed by atoms with van der Waals surface area (Å²) in [5, 5.41) is 17.8. The Labute approximate surface area is 144 Å². The summed E-state index contributed by atoms with van der Waals surface area (Å²) >= 11 is 0. The van der Waals surface area contributed by atoms with E-state index in [2.05, 4.69) is 0 Å². The number of nitrogens with zero attached hydrogens (tertiary/aromatic N) is 1. The first-order valence-electron chi connectivity index (χ1n) is 7.19. The number of nitriles is 1. The monoisotopic (exact) mass is 361 g/mol. The Bertz CT molecular complexity index is 1030. The lowest BCUT2D eigenvalue weighted by atomic mass is 9.97. The zero-order valence-corrected chi connectivity index (χ0v) is 12.8. The Hall–Kier alpha value is -3.40. The van der Waals surface area contributed by atoms with Crippen molar-refractivity contribution in [2.24, 2.45) is 0 Å². The molecular formula is C19H8F5NO. The molecule has 2 nitrogen and oxygen atoms in total. The van der Waals surface area contributed by atoms with Crippen molar-refractivity contribution in [1.82, 2.24) is 0 Å². The van der Waals surface area contributed by atoms with Crippen LogP contribution in [0.15, 0.2) is 42.5 Å². The van der Waals surface area contributed by atoms with Gasteiger partial charge in [-0.25, -0.2) is 22.0 Å². The van der Waals surface area contributed by atoms with Crippen LogP contribution in [-0.2, 0) is 0 Å². The van der Waals surface area contributed by atoms with Crippen molar-refractivity contribution in [3.05, 3.63) is 77.1 Å². The van der Waals surface area contributed by atoms with Crippen LogP contribution in [0.5, 0.6) is 5.75 Å². The molecule has 3 rings (SSSR count). The fourth-order valence-electron chi connectivity index (χ4n) is 2.57. The zero-order valence-electron chi connectivity index (χ0n) is 12.8. The van der Waals surface area contributed by atoms with Gasteiger partial charge in [-0.05, 0) is 47.5 Å². The molecule has 1 N–H and O–H groups in total. The number of halogens is 5. The van der Waals surface area contributed by atoms with Crippen LogP contribution in [0.25, 0.3) is 22.3 Å². The lowest BCUT2D eigenvalue weighted by molar-refractivity contribution is 0.469. The molecule has 0 aromatic heterocycles. The van der Waals surface area contributed by atoms with Gasteiger partial charge in [-0.15, -0.1) is 0 Å². The van der Waals surface area contributed by atoms with Crippen molar-refractivity contribution in [3.63, 3.8) is 0 Å². The van der Waals surface area contributed by atoms with Gasteiger partial charge in [-0.3, -0.25) is 0 Å². The van der Waals surface area contributed by atoms with Gasteiger partial charge in [0, 0.05) is 11.6 Å². The van der Waals surface area contributed by atoms with Gasteiger partial charge < -0.3 is 5.11 Å². The fourth-order valence-corrected chi connectivity index (χ4v) is 2.57. The molecule has 0 heterocycles. The highest BCUT2D eigenvalue weighted by Gasteiger charge is 2.19. The topological polar surface area (TPSA) is 44.0 Å². The number of hydrogen-bond acceptors (Lipinski definition) is 2. The van der Waals surface area contributed by atoms with Gasteiger partial charge in [0.05, 0.1) is 5.56 Å². The van der Waals surface area contributed by atoms with Gasteiger partial charge in [-0.2, -0.15) is 5.26 Å². The molecule has 0 saturated heterocycles. The van der Waals surface area contributed by atoms with E-state index in [1.165, 1.54) is 6.07 Å². The first-order chi connectivity index (χ1) is 12.3. The molecule has 0 atom stereocenters. The van der Waals surface area contributed by atoms with Crippen LogP contribution in [0.2, 0.25) is 0 Å². The summed E-state index contributed by atoms with van der Waals surface area (Å²) < 4.78 is 70.1. The lowest BCUT2D eigenvalue weighted by Gasteiger charge is -2.10. The molecule has 0 spiro atoms. The number of aromatic hydroxyl groups is 1. The molecule has 3 aromatic carbocycles. The predicted octanol–water partition coefficient (Wildman–Crippen LogP) is 5.29. The van der Waals surface area contributed by atoms with Gasteiger partial charge in [0.2, 0.25) is 0 Å². The van der Waals surface area contributed by atoms with E-state index in [-0.39, 0.29) is 16.9 Å². The van der Waals surface area contributed by atoms with Crippen LogP contribution < -0.4 is 0 Å². The molecule has 0 aliphatic rings. The van der Waals surface area contributed by atoms with E-state index >= 15 is 0 Å². The summed E-state index contributed by atoms with van der Waals surface area (Å²) in [5.41, 5.74) is -2.33. The summed E-state index contributed by atoms with van der Waals surface area (Å²) in [5.74, 6) is -6.10. The highest BCUT2D eigenvalue weighted by Crippen LogP contribution is 2.34. The van der Waals surface area contributed by atoms with Crippen molar-refractivity contribution >= 4 is 0 Å². The normalized spacial score (nSPS) is 10.6. The van der Waals surface area contributed by atoms with E-state index < -0.39 is 45.8 Å². The van der Waals surface area contributed by atoms with E-state index in [0.717, 1.165) is 30.3 Å². The van der Waals surface area contributed by atoms with E-state index in [4.69, 9.17) is 5.26 Å². The molecule has 0 bridgehead atoms. The Morgan fingerprint density at radius 2 is 1.23 bits per heavy atom. The molecular weight excluding hydrogens is 353 g/mol. The average molecular weight is 361 g/mol. The van der Waals surface area contributed by atoms with E-state index in [9.17, 15) is 27.1 Å². The lowest BCUT2D eigenvalue weighted by Crippen LogP contribution is -1.97. The summed E-state index contributed by atoms with van der Waals surface area (Å²) in [4.78, 5) is 0. The minimum atomic E-state index is -1.25. The molecule has 0 aliphatic heterocycles. The van der Waals surface area contributed by atoms with Gasteiger partial charge in [0.25, 0.3) is 0 Å². The van der Waals surface area contributed by atoms with Gasteiger partial charge in [0.1, 0.15) is 46.5 Å². The maximum absolute atomic E-state index is 14.4. The minimum Gasteiger partial charge on any atom is -0.508 e. The third-order valence-electron chi connectivity index (χ3n) is 3.75. The summed E-state index contributed by atoms with van der Waals surface area (Å²) in [7, 11) is 0. The van der Waals surface area contributed by atoms with E-state index in [1.807, 2.05) is 0 Å². The Balaban J connectivity index is 2.16. The minimum absolute atomic E-state index is 0.157. The van der Waals surface area contributed by atoms with Crippen LogP contribution >= 0.6 is 0 Å². The average Bonchev–Trinajstić information content (AvgIpc) is 2.53. The molecule has 0 aliphatic carbocycles. The number of rotatable bonds is 2. The smallest absolute Gasteiger partial charge is 0.144 e. The van der Waals surface area contributed by atoms with Crippen molar-refractivity contribution in [3.8, 4) is 34.1 Å². The summed E-state index contributed by atoms with van der Waals surface area (Å²) in [6, 6.07) is 7.28. The third kappa shape index (κ3) is 2.97. The highest BCUT2D eigenvalue weighted by molar-refractivity contribution is 5.72. The molecule has 0 unspecified atom stereocenters. The third-order valence-corrected chi connectivity index (χ3v) is 3.75. The van der Waals surface area contributed by atoms with Crippen LogP contribution in [0, 0.1) is 40.4 Å². The summed E-state index contributed by atoms with van der Waals surface area (Å²) in [6.45, 7) is 0. The van der Waals surface area contributed by atoms with Crippen LogP contribution in [0.3, 0.4) is 0 Å². The van der Waals surface area contributed by atoms with Crippen molar-refractivity contribution < 1.29 is 27.1 Å². The maximum Gasteiger partial charge on any atom is 0.144 e. The second-order valence-electron chi connectivity index (χ2n) is 5.41. The summed E-state index contributed by atoms with van der Waals surface area (Å²) in [6.07, 6.45) is 0.